The number of halogens is 1. The van der Waals surface area contributed by atoms with Crippen LogP contribution in [0, 0.1) is 0 Å². The van der Waals surface area contributed by atoms with E-state index in [1.165, 1.54) is 0 Å². The van der Waals surface area contributed by atoms with Gasteiger partial charge in [0.25, 0.3) is 5.91 Å². The maximum Gasteiger partial charge on any atom is 0.407 e. The number of rotatable bonds is 4. The number of nitrogens with one attached hydrogen (secondary N) is 2. The van der Waals surface area contributed by atoms with Gasteiger partial charge in [-0.1, -0.05) is 12.1 Å². The third-order valence-electron chi connectivity index (χ3n) is 3.70. The first kappa shape index (κ1) is 18.9. The zero-order chi connectivity index (χ0) is 18.6. The molecule has 6 nitrogen and oxygen atoms in total. The highest BCUT2D eigenvalue weighted by Gasteiger charge is 2.21. The standard InChI is InChI=1S/C18H23FN2O4/c1-18(2,3)25-17(24)21-10-13(9-19)15(22)12-4-5-14-11(8-12)6-7-20-16(14)23/h4-5,8-9,15,22H,6-7,10H2,1-3H3,(H,20,23)(H,21,24)/b13-9+. The van der Waals surface area contributed by atoms with Gasteiger partial charge in [-0.2, -0.15) is 0 Å². The molecule has 0 fully saturated rings. The van der Waals surface area contributed by atoms with Crippen LogP contribution >= 0.6 is 0 Å². The molecule has 1 unspecified atom stereocenters. The highest BCUT2D eigenvalue weighted by Crippen LogP contribution is 2.25. The summed E-state index contributed by atoms with van der Waals surface area (Å²) in [6.45, 7) is 5.49. The summed E-state index contributed by atoms with van der Waals surface area (Å²) in [4.78, 5) is 23.4. The Bertz CT molecular complexity index is 695. The highest BCUT2D eigenvalue weighted by atomic mass is 19.1. The SMILES string of the molecule is CC(C)(C)OC(=O)NC/C(=C\F)C(O)c1ccc2c(c1)CCNC2=O. The Morgan fingerprint density at radius 2 is 2.20 bits per heavy atom. The van der Waals surface area contributed by atoms with Crippen LogP contribution in [-0.4, -0.2) is 35.8 Å². The van der Waals surface area contributed by atoms with Gasteiger partial charge in [-0.25, -0.2) is 9.18 Å². The lowest BCUT2D eigenvalue weighted by Crippen LogP contribution is -2.34. The van der Waals surface area contributed by atoms with Crippen LogP contribution in [0.5, 0.6) is 0 Å². The van der Waals surface area contributed by atoms with E-state index in [2.05, 4.69) is 10.6 Å². The van der Waals surface area contributed by atoms with Crippen molar-refractivity contribution in [3.8, 4) is 0 Å². The van der Waals surface area contributed by atoms with Crippen molar-refractivity contribution in [2.45, 2.75) is 38.9 Å². The second-order valence-electron chi connectivity index (χ2n) is 6.86. The molecule has 2 amide bonds. The van der Waals surface area contributed by atoms with Crippen LogP contribution in [0.3, 0.4) is 0 Å². The summed E-state index contributed by atoms with van der Waals surface area (Å²) in [5, 5.41) is 15.5. The first-order valence-electron chi connectivity index (χ1n) is 8.06. The lowest BCUT2D eigenvalue weighted by Gasteiger charge is -2.22. The van der Waals surface area contributed by atoms with E-state index in [-0.39, 0.29) is 24.4 Å². The topological polar surface area (TPSA) is 87.7 Å². The number of carbonyl (C=O) groups excluding carboxylic acids is 2. The fraction of sp³-hybridized carbons (Fsp3) is 0.444. The normalized spacial score (nSPS) is 15.9. The van der Waals surface area contributed by atoms with Gasteiger partial charge in [0.1, 0.15) is 11.7 Å². The van der Waals surface area contributed by atoms with E-state index in [4.69, 9.17) is 4.74 Å². The maximum absolute atomic E-state index is 13.2. The van der Waals surface area contributed by atoms with Gasteiger partial charge >= 0.3 is 6.09 Å². The van der Waals surface area contributed by atoms with E-state index in [1.807, 2.05) is 0 Å². The van der Waals surface area contributed by atoms with E-state index in [0.717, 1.165) is 5.56 Å². The van der Waals surface area contributed by atoms with E-state index in [1.54, 1.807) is 39.0 Å². The number of hydrogen-bond acceptors (Lipinski definition) is 4. The van der Waals surface area contributed by atoms with Crippen molar-refractivity contribution >= 4 is 12.0 Å². The molecule has 1 aromatic rings. The van der Waals surface area contributed by atoms with Crippen molar-refractivity contribution in [3.05, 3.63) is 46.8 Å². The van der Waals surface area contributed by atoms with Crippen molar-refractivity contribution in [3.63, 3.8) is 0 Å². The Labute approximate surface area is 146 Å². The molecule has 0 bridgehead atoms. The molecule has 2 rings (SSSR count). The molecule has 0 radical (unpaired) electrons. The Hall–Kier alpha value is -2.41. The molecular formula is C18H23FN2O4. The number of amides is 2. The predicted octanol–water partition coefficient (Wildman–Crippen LogP) is 2.38. The average molecular weight is 350 g/mol. The summed E-state index contributed by atoms with van der Waals surface area (Å²) in [5.74, 6) is -0.157. The molecule has 3 N–H and O–H groups in total. The number of fused-ring (bicyclic) bond motifs is 1. The number of alkyl carbamates (subject to hydrolysis) is 1. The largest absolute Gasteiger partial charge is 0.444 e. The fourth-order valence-electron chi connectivity index (χ4n) is 2.52. The first-order chi connectivity index (χ1) is 11.7. The predicted molar refractivity (Wildman–Crippen MR) is 90.9 cm³/mol. The van der Waals surface area contributed by atoms with E-state index >= 15 is 0 Å². The number of ether oxygens (including phenoxy) is 1. The lowest BCUT2D eigenvalue weighted by atomic mass is 9.94. The second-order valence-corrected chi connectivity index (χ2v) is 6.86. The molecule has 7 heteroatoms. The molecule has 0 saturated heterocycles. The Morgan fingerprint density at radius 1 is 1.48 bits per heavy atom. The van der Waals surface area contributed by atoms with Crippen LogP contribution in [0.25, 0.3) is 0 Å². The molecule has 0 aliphatic carbocycles. The van der Waals surface area contributed by atoms with Gasteiger partial charge < -0.3 is 20.5 Å². The summed E-state index contributed by atoms with van der Waals surface area (Å²) in [6.07, 6.45) is -1.00. The van der Waals surface area contributed by atoms with Crippen LogP contribution in [0.15, 0.2) is 30.1 Å². The van der Waals surface area contributed by atoms with Gasteiger partial charge in [-0.15, -0.1) is 0 Å². The molecule has 25 heavy (non-hydrogen) atoms. The second kappa shape index (κ2) is 7.65. The molecular weight excluding hydrogens is 327 g/mol. The molecule has 1 aliphatic rings. The van der Waals surface area contributed by atoms with Gasteiger partial charge in [0, 0.05) is 24.2 Å². The van der Waals surface area contributed by atoms with Gasteiger partial charge in [-0.3, -0.25) is 4.79 Å². The van der Waals surface area contributed by atoms with Gasteiger partial charge in [0.05, 0.1) is 6.33 Å². The molecule has 0 aromatic heterocycles. The molecule has 0 saturated carbocycles. The summed E-state index contributed by atoms with van der Waals surface area (Å²) in [7, 11) is 0. The van der Waals surface area contributed by atoms with Crippen molar-refractivity contribution < 1.29 is 23.8 Å². The van der Waals surface area contributed by atoms with Crippen LogP contribution in [0.2, 0.25) is 0 Å². The molecule has 1 heterocycles. The number of carbonyl (C=O) groups is 2. The Morgan fingerprint density at radius 3 is 2.84 bits per heavy atom. The number of benzene rings is 1. The van der Waals surface area contributed by atoms with Crippen LogP contribution in [0.1, 0.15) is 48.4 Å². The fourth-order valence-corrected chi connectivity index (χ4v) is 2.52. The summed E-state index contributed by atoms with van der Waals surface area (Å²) in [5.41, 5.74) is 1.15. The minimum absolute atomic E-state index is 0.00827. The molecule has 1 aliphatic heterocycles. The van der Waals surface area contributed by atoms with Crippen molar-refractivity contribution in [1.82, 2.24) is 10.6 Å². The zero-order valence-electron chi connectivity index (χ0n) is 14.6. The van der Waals surface area contributed by atoms with Gasteiger partial charge in [0.15, 0.2) is 0 Å². The molecule has 1 atom stereocenters. The Balaban J connectivity index is 2.06. The van der Waals surface area contributed by atoms with E-state index in [9.17, 15) is 19.1 Å². The first-order valence-corrected chi connectivity index (χ1v) is 8.06. The number of hydrogen-bond donors (Lipinski definition) is 3. The molecule has 136 valence electrons. The third-order valence-corrected chi connectivity index (χ3v) is 3.70. The Kier molecular flexibility index (Phi) is 5.79. The molecule has 0 spiro atoms. The summed E-state index contributed by atoms with van der Waals surface area (Å²) >= 11 is 0. The smallest absolute Gasteiger partial charge is 0.407 e. The zero-order valence-corrected chi connectivity index (χ0v) is 14.6. The number of aliphatic hydroxyl groups excluding tert-OH is 1. The van der Waals surface area contributed by atoms with E-state index < -0.39 is 17.8 Å². The van der Waals surface area contributed by atoms with Gasteiger partial charge in [0.2, 0.25) is 0 Å². The quantitative estimate of drug-likeness (QED) is 0.778. The maximum atomic E-state index is 13.2. The number of aliphatic hydroxyl groups is 1. The van der Waals surface area contributed by atoms with Crippen LogP contribution < -0.4 is 10.6 Å². The van der Waals surface area contributed by atoms with Crippen LogP contribution in [-0.2, 0) is 11.2 Å². The highest BCUT2D eigenvalue weighted by molar-refractivity contribution is 5.96. The lowest BCUT2D eigenvalue weighted by molar-refractivity contribution is 0.0529. The summed E-state index contributed by atoms with van der Waals surface area (Å²) in [6, 6.07) is 4.88. The third kappa shape index (κ3) is 5.03. The van der Waals surface area contributed by atoms with Crippen molar-refractivity contribution in [2.24, 2.45) is 0 Å². The molecule has 1 aromatic carbocycles. The van der Waals surface area contributed by atoms with Gasteiger partial charge in [-0.05, 0) is 44.4 Å². The summed E-state index contributed by atoms with van der Waals surface area (Å²) < 4.78 is 18.3. The minimum atomic E-state index is -1.23. The van der Waals surface area contributed by atoms with E-state index in [0.29, 0.717) is 24.1 Å². The van der Waals surface area contributed by atoms with Crippen molar-refractivity contribution in [2.75, 3.05) is 13.1 Å². The minimum Gasteiger partial charge on any atom is -0.444 e. The van der Waals surface area contributed by atoms with Crippen molar-refractivity contribution in [1.29, 1.82) is 0 Å². The monoisotopic (exact) mass is 350 g/mol. The average Bonchev–Trinajstić information content (AvgIpc) is 2.53. The van der Waals surface area contributed by atoms with Crippen LogP contribution in [0.4, 0.5) is 9.18 Å².